The summed E-state index contributed by atoms with van der Waals surface area (Å²) in [6.07, 6.45) is 5.20. The zero-order valence-electron chi connectivity index (χ0n) is 7.39. The molecule has 0 bridgehead atoms. The highest BCUT2D eigenvalue weighted by Gasteiger charge is 1.97. The minimum atomic E-state index is 0.810. The zero-order chi connectivity index (χ0) is 8.97. The highest BCUT2D eigenvalue weighted by atomic mass is 35.5. The van der Waals surface area contributed by atoms with Crippen LogP contribution in [0.5, 0.6) is 0 Å². The van der Waals surface area contributed by atoms with Crippen LogP contribution in [0.4, 0.5) is 0 Å². The fraction of sp³-hybridized carbons (Fsp3) is 0.273. The van der Waals surface area contributed by atoms with Crippen molar-refractivity contribution in [3.8, 4) is 0 Å². The quantitative estimate of drug-likeness (QED) is 0.647. The molecule has 0 amide bonds. The third-order valence-electron chi connectivity index (χ3n) is 1.75. The summed E-state index contributed by atoms with van der Waals surface area (Å²) in [5.41, 5.74) is 2.19. The Labute approximate surface area is 78.9 Å². The van der Waals surface area contributed by atoms with E-state index in [2.05, 4.69) is 25.1 Å². The average Bonchev–Trinajstić information content (AvgIpc) is 2.08. The van der Waals surface area contributed by atoms with E-state index in [0.29, 0.717) is 0 Å². The molecule has 1 rings (SSSR count). The van der Waals surface area contributed by atoms with Crippen molar-refractivity contribution in [3.63, 3.8) is 0 Å². The molecule has 0 nitrogen and oxygen atoms in total. The van der Waals surface area contributed by atoms with Gasteiger partial charge in [0.2, 0.25) is 0 Å². The fourth-order valence-corrected chi connectivity index (χ4v) is 1.14. The van der Waals surface area contributed by atoms with Gasteiger partial charge in [0, 0.05) is 5.02 Å². The van der Waals surface area contributed by atoms with Crippen LogP contribution in [-0.4, -0.2) is 0 Å². The van der Waals surface area contributed by atoms with Gasteiger partial charge in [-0.25, -0.2) is 0 Å². The van der Waals surface area contributed by atoms with Gasteiger partial charge in [0.05, 0.1) is 0 Å². The van der Waals surface area contributed by atoms with E-state index in [-0.39, 0.29) is 0 Å². The molecule has 0 heterocycles. The molecule has 0 aliphatic rings. The molecule has 0 aromatic heterocycles. The molecule has 0 spiro atoms. The van der Waals surface area contributed by atoms with Gasteiger partial charge in [-0.15, -0.1) is 0 Å². The van der Waals surface area contributed by atoms with Crippen LogP contribution >= 0.6 is 11.6 Å². The maximum absolute atomic E-state index is 5.94. The van der Waals surface area contributed by atoms with Crippen molar-refractivity contribution in [1.29, 1.82) is 0 Å². The molecule has 0 aliphatic carbocycles. The molecule has 0 saturated heterocycles. The first kappa shape index (κ1) is 9.34. The second-order valence-corrected chi connectivity index (χ2v) is 3.08. The largest absolute Gasteiger partial charge is 0.0842 e. The first-order valence-corrected chi connectivity index (χ1v) is 4.46. The first-order chi connectivity index (χ1) is 5.75. The van der Waals surface area contributed by atoms with Crippen LogP contribution in [-0.2, 0) is 0 Å². The van der Waals surface area contributed by atoms with Crippen LogP contribution < -0.4 is 0 Å². The summed E-state index contributed by atoms with van der Waals surface area (Å²) in [5, 5.41) is 0.810. The molecule has 1 aromatic rings. The summed E-state index contributed by atoms with van der Waals surface area (Å²) in [4.78, 5) is 0. The smallest absolute Gasteiger partial charge is 0.0441 e. The van der Waals surface area contributed by atoms with E-state index in [1.54, 1.807) is 0 Å². The molecule has 1 radical (unpaired) electrons. The zero-order valence-corrected chi connectivity index (χ0v) is 8.15. The number of halogens is 1. The third-order valence-corrected chi connectivity index (χ3v) is 2.16. The molecule has 1 aromatic carbocycles. The van der Waals surface area contributed by atoms with Crippen LogP contribution in [0.2, 0.25) is 5.02 Å². The second-order valence-electron chi connectivity index (χ2n) is 2.67. The lowest BCUT2D eigenvalue weighted by molar-refractivity contribution is 1.23. The minimum absolute atomic E-state index is 0.810. The highest BCUT2D eigenvalue weighted by Crippen LogP contribution is 2.19. The van der Waals surface area contributed by atoms with Crippen LogP contribution in [0.25, 0.3) is 6.08 Å². The SMILES string of the molecule is CC/C=C/c1[c]ccc(Cl)c1C. The van der Waals surface area contributed by atoms with Gasteiger partial charge in [0.1, 0.15) is 0 Å². The minimum Gasteiger partial charge on any atom is -0.0842 e. The Hall–Kier alpha value is -0.750. The Morgan fingerprint density at radius 3 is 3.00 bits per heavy atom. The van der Waals surface area contributed by atoms with E-state index < -0.39 is 0 Å². The summed E-state index contributed by atoms with van der Waals surface area (Å²) < 4.78 is 0. The second kappa shape index (κ2) is 4.32. The predicted octanol–water partition coefficient (Wildman–Crippen LogP) is 3.87. The summed E-state index contributed by atoms with van der Waals surface area (Å²) in [5.74, 6) is 0. The number of benzene rings is 1. The Balaban J connectivity index is 3.00. The molecule has 63 valence electrons. The maximum Gasteiger partial charge on any atom is 0.0441 e. The third kappa shape index (κ3) is 2.12. The van der Waals surface area contributed by atoms with Crippen LogP contribution in [0.15, 0.2) is 18.2 Å². The molecule has 0 atom stereocenters. The van der Waals surface area contributed by atoms with Crippen molar-refractivity contribution in [3.05, 3.63) is 40.4 Å². The average molecular weight is 180 g/mol. The molecule has 0 aliphatic heterocycles. The predicted molar refractivity (Wildman–Crippen MR) is 54.4 cm³/mol. The molecule has 1 heteroatoms. The summed E-state index contributed by atoms with van der Waals surface area (Å²) >= 11 is 5.94. The lowest BCUT2D eigenvalue weighted by atomic mass is 10.1. The van der Waals surface area contributed by atoms with E-state index in [4.69, 9.17) is 11.6 Å². The van der Waals surface area contributed by atoms with Crippen LogP contribution in [0.3, 0.4) is 0 Å². The Bertz CT molecular complexity index is 287. The number of rotatable bonds is 2. The molecular formula is C11H12Cl. The van der Waals surface area contributed by atoms with E-state index in [9.17, 15) is 0 Å². The fourth-order valence-electron chi connectivity index (χ4n) is 0.975. The summed E-state index contributed by atoms with van der Waals surface area (Å²) in [6.45, 7) is 4.12. The summed E-state index contributed by atoms with van der Waals surface area (Å²) in [7, 11) is 0. The van der Waals surface area contributed by atoms with E-state index >= 15 is 0 Å². The van der Waals surface area contributed by atoms with Crippen molar-refractivity contribution < 1.29 is 0 Å². The molecular weight excluding hydrogens is 168 g/mol. The van der Waals surface area contributed by atoms with Gasteiger partial charge in [-0.05, 0) is 36.6 Å². The molecule has 12 heavy (non-hydrogen) atoms. The van der Waals surface area contributed by atoms with Crippen molar-refractivity contribution in [2.75, 3.05) is 0 Å². The molecule has 0 fully saturated rings. The standard InChI is InChI=1S/C11H12Cl/c1-3-4-6-10-7-5-8-11(12)9(10)2/h4-6,8H,3H2,1-2H3/b6-4+. The first-order valence-electron chi connectivity index (χ1n) is 4.09. The highest BCUT2D eigenvalue weighted by molar-refractivity contribution is 6.31. The van der Waals surface area contributed by atoms with Crippen molar-refractivity contribution in [1.82, 2.24) is 0 Å². The lowest BCUT2D eigenvalue weighted by Gasteiger charge is -2.00. The van der Waals surface area contributed by atoms with E-state index in [1.807, 2.05) is 19.1 Å². The Morgan fingerprint density at radius 1 is 1.58 bits per heavy atom. The Morgan fingerprint density at radius 2 is 2.33 bits per heavy atom. The van der Waals surface area contributed by atoms with E-state index in [0.717, 1.165) is 22.6 Å². The van der Waals surface area contributed by atoms with Gasteiger partial charge in [0.25, 0.3) is 0 Å². The van der Waals surface area contributed by atoms with Gasteiger partial charge >= 0.3 is 0 Å². The van der Waals surface area contributed by atoms with E-state index in [1.165, 1.54) is 0 Å². The molecule has 0 unspecified atom stereocenters. The molecule has 0 N–H and O–H groups in total. The number of hydrogen-bond acceptors (Lipinski definition) is 0. The van der Waals surface area contributed by atoms with Gasteiger partial charge in [-0.1, -0.05) is 36.7 Å². The van der Waals surface area contributed by atoms with Gasteiger partial charge in [0.15, 0.2) is 0 Å². The lowest BCUT2D eigenvalue weighted by Crippen LogP contribution is -1.81. The number of allylic oxidation sites excluding steroid dienone is 1. The monoisotopic (exact) mass is 179 g/mol. The van der Waals surface area contributed by atoms with Gasteiger partial charge in [-0.3, -0.25) is 0 Å². The molecule has 0 saturated carbocycles. The maximum atomic E-state index is 5.94. The van der Waals surface area contributed by atoms with Gasteiger partial charge < -0.3 is 0 Å². The topological polar surface area (TPSA) is 0 Å². The van der Waals surface area contributed by atoms with Crippen molar-refractivity contribution >= 4 is 17.7 Å². The van der Waals surface area contributed by atoms with Gasteiger partial charge in [-0.2, -0.15) is 0 Å². The summed E-state index contributed by atoms with van der Waals surface area (Å²) in [6, 6.07) is 6.85. The van der Waals surface area contributed by atoms with Crippen LogP contribution in [0.1, 0.15) is 24.5 Å². The normalized spacial score (nSPS) is 10.9. The van der Waals surface area contributed by atoms with Crippen LogP contribution in [0, 0.1) is 13.0 Å². The Kier molecular flexibility index (Phi) is 3.36. The van der Waals surface area contributed by atoms with Crippen molar-refractivity contribution in [2.45, 2.75) is 20.3 Å². The van der Waals surface area contributed by atoms with Crippen molar-refractivity contribution in [2.24, 2.45) is 0 Å². The number of hydrogen-bond donors (Lipinski definition) is 0.